The van der Waals surface area contributed by atoms with Crippen LogP contribution in [-0.2, 0) is 4.79 Å². The fourth-order valence-electron chi connectivity index (χ4n) is 1.79. The van der Waals surface area contributed by atoms with E-state index in [4.69, 9.17) is 10.9 Å². The van der Waals surface area contributed by atoms with E-state index < -0.39 is 5.41 Å². The molecule has 0 radical (unpaired) electrons. The minimum atomic E-state index is -0.842. The number of carbonyl (C=O) groups excluding carboxylic acids is 1. The van der Waals surface area contributed by atoms with Crippen LogP contribution >= 0.6 is 0 Å². The highest BCUT2D eigenvalue weighted by Gasteiger charge is 2.54. The molecule has 17 heavy (non-hydrogen) atoms. The predicted octanol–water partition coefficient (Wildman–Crippen LogP) is 0.492. The first-order valence-electron chi connectivity index (χ1n) is 5.32. The largest absolute Gasteiger partial charge is 0.409 e. The number of oxime groups is 1. The lowest BCUT2D eigenvalue weighted by Crippen LogP contribution is -2.36. The molecule has 0 unspecified atom stereocenters. The summed E-state index contributed by atoms with van der Waals surface area (Å²) < 4.78 is 0. The van der Waals surface area contributed by atoms with Gasteiger partial charge < -0.3 is 16.3 Å². The number of hydrogen-bond donors (Lipinski definition) is 4. The van der Waals surface area contributed by atoms with Crippen LogP contribution in [0.3, 0.4) is 0 Å². The zero-order valence-electron chi connectivity index (χ0n) is 9.74. The molecule has 1 aliphatic carbocycles. The van der Waals surface area contributed by atoms with Crippen LogP contribution < -0.4 is 11.1 Å². The number of aryl methyl sites for hydroxylation is 2. The molecular weight excluding hydrogens is 222 g/mol. The Morgan fingerprint density at radius 1 is 1.59 bits per heavy atom. The Morgan fingerprint density at radius 2 is 2.24 bits per heavy atom. The van der Waals surface area contributed by atoms with Crippen molar-refractivity contribution in [2.75, 3.05) is 5.32 Å². The average Bonchev–Trinajstić information content (AvgIpc) is 3.07. The SMILES string of the molecule is Cc1n[nH]c(C)c1NC(=O)C1(C(N)=NO)CC1. The second-order valence-electron chi connectivity index (χ2n) is 4.33. The van der Waals surface area contributed by atoms with Gasteiger partial charge in [0.2, 0.25) is 5.91 Å². The van der Waals surface area contributed by atoms with Crippen LogP contribution in [-0.4, -0.2) is 27.1 Å². The Morgan fingerprint density at radius 3 is 2.65 bits per heavy atom. The first-order chi connectivity index (χ1) is 8.01. The number of nitrogens with zero attached hydrogens (tertiary/aromatic N) is 2. The van der Waals surface area contributed by atoms with Gasteiger partial charge in [-0.05, 0) is 26.7 Å². The molecule has 1 fully saturated rings. The smallest absolute Gasteiger partial charge is 0.238 e. The number of amides is 1. The number of H-pyrrole nitrogens is 1. The highest BCUT2D eigenvalue weighted by atomic mass is 16.4. The van der Waals surface area contributed by atoms with Crippen molar-refractivity contribution in [3.05, 3.63) is 11.4 Å². The summed E-state index contributed by atoms with van der Waals surface area (Å²) in [6.45, 7) is 3.61. The average molecular weight is 237 g/mol. The second-order valence-corrected chi connectivity index (χ2v) is 4.33. The number of aromatic amines is 1. The molecule has 0 aliphatic heterocycles. The van der Waals surface area contributed by atoms with E-state index in [2.05, 4.69) is 20.7 Å². The van der Waals surface area contributed by atoms with Gasteiger partial charge in [0.05, 0.1) is 17.1 Å². The minimum Gasteiger partial charge on any atom is -0.409 e. The van der Waals surface area contributed by atoms with E-state index in [1.807, 2.05) is 6.92 Å². The molecule has 7 nitrogen and oxygen atoms in total. The molecule has 0 saturated heterocycles. The normalized spacial score (nSPS) is 17.9. The summed E-state index contributed by atoms with van der Waals surface area (Å²) in [5.74, 6) is -0.283. The Balaban J connectivity index is 2.19. The van der Waals surface area contributed by atoms with Crippen molar-refractivity contribution < 1.29 is 10.0 Å². The maximum Gasteiger partial charge on any atom is 0.238 e. The monoisotopic (exact) mass is 237 g/mol. The number of aromatic nitrogens is 2. The van der Waals surface area contributed by atoms with E-state index in [0.29, 0.717) is 24.2 Å². The van der Waals surface area contributed by atoms with Crippen LogP contribution in [0.4, 0.5) is 5.69 Å². The molecule has 0 bridgehead atoms. The molecule has 1 heterocycles. The fraction of sp³-hybridized carbons (Fsp3) is 0.500. The van der Waals surface area contributed by atoms with Crippen molar-refractivity contribution in [1.29, 1.82) is 0 Å². The van der Waals surface area contributed by atoms with Gasteiger partial charge in [0.15, 0.2) is 5.84 Å². The van der Waals surface area contributed by atoms with Crippen LogP contribution in [0.15, 0.2) is 5.16 Å². The third-order valence-electron chi connectivity index (χ3n) is 3.15. The van der Waals surface area contributed by atoms with Crippen LogP contribution in [0.25, 0.3) is 0 Å². The second kappa shape index (κ2) is 3.76. The van der Waals surface area contributed by atoms with Crippen molar-refractivity contribution in [3.63, 3.8) is 0 Å². The standard InChI is InChI=1S/C10H15N5O2/c1-5-7(6(2)14-13-5)12-9(16)10(3-4-10)8(11)15-17/h17H,3-4H2,1-2H3,(H2,11,15)(H,12,16)(H,13,14). The quantitative estimate of drug-likeness (QED) is 0.265. The van der Waals surface area contributed by atoms with E-state index in [1.54, 1.807) is 6.92 Å². The van der Waals surface area contributed by atoms with Crippen molar-refractivity contribution in [3.8, 4) is 0 Å². The molecule has 1 saturated carbocycles. The van der Waals surface area contributed by atoms with E-state index in [9.17, 15) is 4.79 Å². The molecular formula is C10H15N5O2. The van der Waals surface area contributed by atoms with Crippen molar-refractivity contribution in [1.82, 2.24) is 10.2 Å². The summed E-state index contributed by atoms with van der Waals surface area (Å²) in [6.07, 6.45) is 1.20. The van der Waals surface area contributed by atoms with Gasteiger partial charge in [-0.25, -0.2) is 0 Å². The van der Waals surface area contributed by atoms with Crippen molar-refractivity contribution in [2.45, 2.75) is 26.7 Å². The van der Waals surface area contributed by atoms with Crippen LogP contribution in [0.2, 0.25) is 0 Å². The lowest BCUT2D eigenvalue weighted by molar-refractivity contribution is -0.119. The summed E-state index contributed by atoms with van der Waals surface area (Å²) in [5.41, 5.74) is 6.85. The van der Waals surface area contributed by atoms with Gasteiger partial charge in [-0.1, -0.05) is 5.16 Å². The predicted molar refractivity (Wildman–Crippen MR) is 61.8 cm³/mol. The summed E-state index contributed by atoms with van der Waals surface area (Å²) in [6, 6.07) is 0. The lowest BCUT2D eigenvalue weighted by Gasteiger charge is -2.13. The molecule has 1 aliphatic rings. The van der Waals surface area contributed by atoms with E-state index >= 15 is 0 Å². The number of hydrogen-bond acceptors (Lipinski definition) is 4. The van der Waals surface area contributed by atoms with Gasteiger partial charge in [0, 0.05) is 0 Å². The third kappa shape index (κ3) is 1.73. The molecule has 0 spiro atoms. The van der Waals surface area contributed by atoms with E-state index in [1.165, 1.54) is 0 Å². The van der Waals surface area contributed by atoms with Gasteiger partial charge >= 0.3 is 0 Å². The van der Waals surface area contributed by atoms with Gasteiger partial charge in [0.1, 0.15) is 5.41 Å². The summed E-state index contributed by atoms with van der Waals surface area (Å²) in [4.78, 5) is 12.1. The lowest BCUT2D eigenvalue weighted by atomic mass is 10.1. The molecule has 0 aromatic carbocycles. The van der Waals surface area contributed by atoms with E-state index in [-0.39, 0.29) is 11.7 Å². The molecule has 1 amide bonds. The van der Waals surface area contributed by atoms with Crippen LogP contribution in [0.1, 0.15) is 24.2 Å². The van der Waals surface area contributed by atoms with E-state index in [0.717, 1.165) is 5.69 Å². The van der Waals surface area contributed by atoms with Gasteiger partial charge in [0.25, 0.3) is 0 Å². The first kappa shape index (κ1) is 11.4. The first-order valence-corrected chi connectivity index (χ1v) is 5.32. The number of amidine groups is 1. The molecule has 92 valence electrons. The Hall–Kier alpha value is -2.05. The molecule has 7 heteroatoms. The summed E-state index contributed by atoms with van der Waals surface area (Å²) >= 11 is 0. The number of nitrogens with two attached hydrogens (primary N) is 1. The number of nitrogens with one attached hydrogen (secondary N) is 2. The number of rotatable bonds is 3. The summed E-state index contributed by atoms with van der Waals surface area (Å²) in [5, 5.41) is 21.1. The van der Waals surface area contributed by atoms with Gasteiger partial charge in [-0.15, -0.1) is 0 Å². The zero-order chi connectivity index (χ0) is 12.6. The molecule has 0 atom stereocenters. The molecule has 2 rings (SSSR count). The fourth-order valence-corrected chi connectivity index (χ4v) is 1.79. The highest BCUT2D eigenvalue weighted by Crippen LogP contribution is 2.46. The summed E-state index contributed by atoms with van der Waals surface area (Å²) in [7, 11) is 0. The van der Waals surface area contributed by atoms with Crippen LogP contribution in [0, 0.1) is 19.3 Å². The van der Waals surface area contributed by atoms with Gasteiger partial charge in [-0.2, -0.15) is 5.10 Å². The Labute approximate surface area is 98.1 Å². The number of anilines is 1. The third-order valence-corrected chi connectivity index (χ3v) is 3.15. The highest BCUT2D eigenvalue weighted by molar-refractivity contribution is 6.14. The number of carbonyl (C=O) groups is 1. The molecule has 5 N–H and O–H groups in total. The van der Waals surface area contributed by atoms with Gasteiger partial charge in [-0.3, -0.25) is 9.89 Å². The topological polar surface area (TPSA) is 116 Å². The molecule has 1 aromatic rings. The molecule has 1 aromatic heterocycles. The Bertz CT molecular complexity index is 467. The maximum atomic E-state index is 12.1. The minimum absolute atomic E-state index is 0.0335. The zero-order valence-corrected chi connectivity index (χ0v) is 9.74. The maximum absolute atomic E-state index is 12.1. The van der Waals surface area contributed by atoms with Crippen molar-refractivity contribution in [2.24, 2.45) is 16.3 Å². The Kier molecular flexibility index (Phi) is 2.53. The van der Waals surface area contributed by atoms with Crippen molar-refractivity contribution >= 4 is 17.4 Å². The van der Waals surface area contributed by atoms with Crippen LogP contribution in [0.5, 0.6) is 0 Å².